The van der Waals surface area contributed by atoms with Gasteiger partial charge in [-0.3, -0.25) is 9.67 Å². The first-order chi connectivity index (χ1) is 14.1. The van der Waals surface area contributed by atoms with Gasteiger partial charge in [-0.2, -0.15) is 5.10 Å². The highest BCUT2D eigenvalue weighted by Gasteiger charge is 2.14. The van der Waals surface area contributed by atoms with E-state index in [9.17, 15) is 0 Å². The molecule has 158 valence electrons. The summed E-state index contributed by atoms with van der Waals surface area (Å²) in [5, 5.41) is 11.2. The van der Waals surface area contributed by atoms with Crippen molar-refractivity contribution in [1.29, 1.82) is 0 Å². The Labute approximate surface area is 173 Å². The Bertz CT molecular complexity index is 825. The maximum Gasteiger partial charge on any atom is 0.191 e. The molecule has 1 saturated heterocycles. The normalized spacial score (nSPS) is 15.5. The number of aromatic nitrogens is 2. The van der Waals surface area contributed by atoms with Gasteiger partial charge in [0.1, 0.15) is 0 Å². The monoisotopic (exact) mass is 399 g/mol. The Morgan fingerprint density at radius 1 is 1.21 bits per heavy atom. The van der Waals surface area contributed by atoms with Gasteiger partial charge in [0, 0.05) is 51.7 Å². The molecule has 0 radical (unpaired) electrons. The van der Waals surface area contributed by atoms with Crippen molar-refractivity contribution in [2.45, 2.75) is 52.5 Å². The molecule has 1 aliphatic heterocycles. The van der Waals surface area contributed by atoms with Crippen molar-refractivity contribution < 1.29 is 9.47 Å². The Balaban J connectivity index is 1.48. The van der Waals surface area contributed by atoms with Crippen LogP contribution in [0.15, 0.2) is 29.3 Å². The molecule has 29 heavy (non-hydrogen) atoms. The Hall–Kier alpha value is -2.38. The van der Waals surface area contributed by atoms with Crippen molar-refractivity contribution in [3.63, 3.8) is 0 Å². The van der Waals surface area contributed by atoms with Gasteiger partial charge < -0.3 is 20.1 Å². The Kier molecular flexibility index (Phi) is 7.66. The van der Waals surface area contributed by atoms with E-state index in [-0.39, 0.29) is 0 Å². The summed E-state index contributed by atoms with van der Waals surface area (Å²) >= 11 is 0. The van der Waals surface area contributed by atoms with Crippen LogP contribution in [0.2, 0.25) is 0 Å². The topological polar surface area (TPSA) is 72.7 Å². The lowest BCUT2D eigenvalue weighted by Crippen LogP contribution is -2.36. The molecule has 0 spiro atoms. The Morgan fingerprint density at radius 2 is 1.93 bits per heavy atom. The molecule has 1 fully saturated rings. The van der Waals surface area contributed by atoms with E-state index in [2.05, 4.69) is 51.9 Å². The number of hydrogen-bond donors (Lipinski definition) is 2. The van der Waals surface area contributed by atoms with Crippen LogP contribution in [-0.4, -0.2) is 42.1 Å². The highest BCUT2D eigenvalue weighted by atomic mass is 16.5. The van der Waals surface area contributed by atoms with Crippen molar-refractivity contribution >= 4 is 5.96 Å². The van der Waals surface area contributed by atoms with Crippen LogP contribution < -0.4 is 10.6 Å². The molecule has 0 bridgehead atoms. The third-order valence-corrected chi connectivity index (χ3v) is 5.42. The van der Waals surface area contributed by atoms with Crippen LogP contribution in [0.25, 0.3) is 0 Å². The fourth-order valence-corrected chi connectivity index (χ4v) is 3.54. The molecule has 1 aromatic carbocycles. The van der Waals surface area contributed by atoms with Gasteiger partial charge in [0.2, 0.25) is 0 Å². The number of aliphatic imine (C=N–C) groups is 1. The lowest BCUT2D eigenvalue weighted by molar-refractivity contribution is -0.0390. The molecule has 0 atom stereocenters. The smallest absolute Gasteiger partial charge is 0.191 e. The van der Waals surface area contributed by atoms with Gasteiger partial charge in [-0.05, 0) is 37.8 Å². The quantitative estimate of drug-likeness (QED) is 0.553. The molecule has 2 N–H and O–H groups in total. The van der Waals surface area contributed by atoms with E-state index in [1.54, 1.807) is 7.05 Å². The van der Waals surface area contributed by atoms with E-state index in [1.807, 2.05) is 18.7 Å². The molecule has 2 heterocycles. The van der Waals surface area contributed by atoms with E-state index in [1.165, 1.54) is 22.4 Å². The number of ether oxygens (including phenoxy) is 2. The highest BCUT2D eigenvalue weighted by Crippen LogP contribution is 2.14. The summed E-state index contributed by atoms with van der Waals surface area (Å²) in [4.78, 5) is 4.33. The van der Waals surface area contributed by atoms with Gasteiger partial charge in [-0.25, -0.2) is 0 Å². The molecule has 0 saturated carbocycles. The zero-order chi connectivity index (χ0) is 20.6. The number of aryl methyl sites for hydroxylation is 2. The van der Waals surface area contributed by atoms with E-state index < -0.39 is 0 Å². The summed E-state index contributed by atoms with van der Waals surface area (Å²) in [5.74, 6) is 0.775. The van der Waals surface area contributed by atoms with Gasteiger partial charge in [0.25, 0.3) is 0 Å². The number of hydrogen-bond acceptors (Lipinski definition) is 4. The fourth-order valence-electron chi connectivity index (χ4n) is 3.54. The van der Waals surface area contributed by atoms with Gasteiger partial charge in [-0.1, -0.05) is 24.3 Å². The van der Waals surface area contributed by atoms with Crippen LogP contribution >= 0.6 is 0 Å². The third-order valence-electron chi connectivity index (χ3n) is 5.42. The Morgan fingerprint density at radius 3 is 2.62 bits per heavy atom. The maximum absolute atomic E-state index is 6.04. The number of guanidine groups is 1. The summed E-state index contributed by atoms with van der Waals surface area (Å²) in [6, 6.07) is 8.50. The van der Waals surface area contributed by atoms with E-state index >= 15 is 0 Å². The number of benzene rings is 1. The molecule has 7 nitrogen and oxygen atoms in total. The molecular weight excluding hydrogens is 366 g/mol. The first kappa shape index (κ1) is 21.3. The second kappa shape index (κ2) is 10.4. The first-order valence-electron chi connectivity index (χ1n) is 10.3. The van der Waals surface area contributed by atoms with Crippen LogP contribution in [-0.2, 0) is 36.2 Å². The van der Waals surface area contributed by atoms with Crippen molar-refractivity contribution in [3.8, 4) is 0 Å². The summed E-state index contributed by atoms with van der Waals surface area (Å²) in [6.45, 7) is 7.78. The van der Waals surface area contributed by atoms with Crippen molar-refractivity contribution in [3.05, 3.63) is 52.3 Å². The minimum absolute atomic E-state index is 0.313. The van der Waals surface area contributed by atoms with Crippen molar-refractivity contribution in [2.75, 3.05) is 20.3 Å². The van der Waals surface area contributed by atoms with Crippen LogP contribution in [0, 0.1) is 13.8 Å². The van der Waals surface area contributed by atoms with Gasteiger partial charge in [0.05, 0.1) is 18.4 Å². The summed E-state index contributed by atoms with van der Waals surface area (Å²) in [5.41, 5.74) is 5.82. The molecule has 0 amide bonds. The SMILES string of the molecule is CN=C(NCc1cccc(COC2CCOCC2)c1)NCc1c(C)nn(C)c1C. The molecule has 1 aliphatic rings. The number of nitrogens with zero attached hydrogens (tertiary/aromatic N) is 3. The molecule has 3 rings (SSSR count). The van der Waals surface area contributed by atoms with Crippen LogP contribution in [0.3, 0.4) is 0 Å². The number of nitrogens with one attached hydrogen (secondary N) is 2. The fraction of sp³-hybridized carbons (Fsp3) is 0.545. The highest BCUT2D eigenvalue weighted by molar-refractivity contribution is 5.79. The largest absolute Gasteiger partial charge is 0.381 e. The van der Waals surface area contributed by atoms with Crippen LogP contribution in [0.4, 0.5) is 0 Å². The second-order valence-electron chi connectivity index (χ2n) is 7.49. The summed E-state index contributed by atoms with van der Waals surface area (Å²) < 4.78 is 13.3. The predicted octanol–water partition coefficient (Wildman–Crippen LogP) is 2.60. The van der Waals surface area contributed by atoms with Crippen molar-refractivity contribution in [1.82, 2.24) is 20.4 Å². The van der Waals surface area contributed by atoms with Gasteiger partial charge in [0.15, 0.2) is 5.96 Å². The van der Waals surface area contributed by atoms with Gasteiger partial charge >= 0.3 is 0 Å². The average Bonchev–Trinajstić information content (AvgIpc) is 2.99. The molecule has 0 unspecified atom stereocenters. The molecule has 1 aromatic heterocycles. The third kappa shape index (κ3) is 6.05. The van der Waals surface area contributed by atoms with Crippen LogP contribution in [0.1, 0.15) is 40.9 Å². The molecule has 2 aromatic rings. The zero-order valence-electron chi connectivity index (χ0n) is 18.0. The molecule has 0 aliphatic carbocycles. The number of rotatable bonds is 7. The summed E-state index contributed by atoms with van der Waals surface area (Å²) in [7, 11) is 3.76. The van der Waals surface area contributed by atoms with E-state index in [0.29, 0.717) is 25.8 Å². The van der Waals surface area contributed by atoms with Gasteiger partial charge in [-0.15, -0.1) is 0 Å². The second-order valence-corrected chi connectivity index (χ2v) is 7.49. The predicted molar refractivity (Wildman–Crippen MR) is 115 cm³/mol. The van der Waals surface area contributed by atoms with Crippen molar-refractivity contribution in [2.24, 2.45) is 12.0 Å². The zero-order valence-corrected chi connectivity index (χ0v) is 18.0. The maximum atomic E-state index is 6.04. The summed E-state index contributed by atoms with van der Waals surface area (Å²) in [6.07, 6.45) is 2.28. The standard InChI is InChI=1S/C22H33N5O2/c1-16-21(17(2)27(4)26-16)14-25-22(23-3)24-13-18-6-5-7-19(12-18)15-29-20-8-10-28-11-9-20/h5-7,12,20H,8-11,13-15H2,1-4H3,(H2,23,24,25). The molecular formula is C22H33N5O2. The minimum atomic E-state index is 0.313. The van der Waals surface area contributed by atoms with Crippen LogP contribution in [0.5, 0.6) is 0 Å². The lowest BCUT2D eigenvalue weighted by Gasteiger charge is -2.22. The minimum Gasteiger partial charge on any atom is -0.381 e. The molecule has 7 heteroatoms. The average molecular weight is 400 g/mol. The van der Waals surface area contributed by atoms with E-state index in [0.717, 1.165) is 37.7 Å². The lowest BCUT2D eigenvalue weighted by atomic mass is 10.1. The first-order valence-corrected chi connectivity index (χ1v) is 10.3. The van der Waals surface area contributed by atoms with E-state index in [4.69, 9.17) is 9.47 Å².